The van der Waals surface area contributed by atoms with Crippen molar-refractivity contribution in [2.75, 3.05) is 39.9 Å². The predicted molar refractivity (Wildman–Crippen MR) is 58.5 cm³/mol. The number of carbonyl (C=O) groups excluding carboxylic acids is 1. The second kappa shape index (κ2) is 6.76. The first kappa shape index (κ1) is 12.4. The van der Waals surface area contributed by atoms with Gasteiger partial charge in [-0.05, 0) is 12.8 Å². The Morgan fingerprint density at radius 3 is 3.07 bits per heavy atom. The first-order chi connectivity index (χ1) is 7.24. The van der Waals surface area contributed by atoms with Crippen LogP contribution in [0.2, 0.25) is 0 Å². The number of carbonyl (C=O) groups is 1. The van der Waals surface area contributed by atoms with E-state index in [1.165, 1.54) is 0 Å². The molecule has 0 aromatic carbocycles. The highest BCUT2D eigenvalue weighted by Gasteiger charge is 2.14. The van der Waals surface area contributed by atoms with Gasteiger partial charge in [-0.25, -0.2) is 0 Å². The van der Waals surface area contributed by atoms with Gasteiger partial charge in [0.2, 0.25) is 5.91 Å². The lowest BCUT2D eigenvalue weighted by Crippen LogP contribution is -2.41. The molecule has 0 aromatic rings. The molecular weight excluding hydrogens is 194 g/mol. The van der Waals surface area contributed by atoms with Crippen LogP contribution in [-0.2, 0) is 9.53 Å². The highest BCUT2D eigenvalue weighted by molar-refractivity contribution is 5.81. The highest BCUT2D eigenvalue weighted by atomic mass is 16.5. The van der Waals surface area contributed by atoms with Gasteiger partial charge in [-0.1, -0.05) is 0 Å². The molecule has 15 heavy (non-hydrogen) atoms. The maximum atomic E-state index is 11.2. The van der Waals surface area contributed by atoms with Crippen molar-refractivity contribution in [1.29, 1.82) is 0 Å². The van der Waals surface area contributed by atoms with E-state index in [4.69, 9.17) is 10.5 Å². The van der Waals surface area contributed by atoms with Crippen molar-refractivity contribution < 1.29 is 9.53 Å². The molecule has 1 saturated heterocycles. The maximum absolute atomic E-state index is 11.2. The molecular formula is C10H21N3O2. The number of nitrogens with one attached hydrogen (secondary N) is 1. The fourth-order valence-electron chi connectivity index (χ4n) is 1.66. The third kappa shape index (κ3) is 4.59. The minimum absolute atomic E-state index is 0.0823. The monoisotopic (exact) mass is 215 g/mol. The number of nitrogens with zero attached hydrogens (tertiary/aromatic N) is 1. The average molecular weight is 215 g/mol. The molecule has 1 atom stereocenters. The fourth-order valence-corrected chi connectivity index (χ4v) is 1.66. The molecule has 5 nitrogen and oxygen atoms in total. The summed E-state index contributed by atoms with van der Waals surface area (Å²) in [6.07, 6.45) is 1.77. The van der Waals surface area contributed by atoms with E-state index in [9.17, 15) is 4.79 Å². The van der Waals surface area contributed by atoms with Gasteiger partial charge in [-0.3, -0.25) is 4.79 Å². The van der Waals surface area contributed by atoms with Crippen molar-refractivity contribution >= 4 is 5.91 Å². The van der Waals surface area contributed by atoms with Crippen LogP contribution in [0, 0.1) is 0 Å². The van der Waals surface area contributed by atoms with Gasteiger partial charge in [-0.15, -0.1) is 0 Å². The van der Waals surface area contributed by atoms with Crippen LogP contribution in [0.25, 0.3) is 0 Å². The first-order valence-corrected chi connectivity index (χ1v) is 5.51. The molecule has 0 saturated carbocycles. The lowest BCUT2D eigenvalue weighted by molar-refractivity contribution is -0.122. The van der Waals surface area contributed by atoms with E-state index in [-0.39, 0.29) is 11.9 Å². The summed E-state index contributed by atoms with van der Waals surface area (Å²) in [6, 6.07) is -0.390. The van der Waals surface area contributed by atoms with Crippen LogP contribution in [0.5, 0.6) is 0 Å². The van der Waals surface area contributed by atoms with E-state index in [0.29, 0.717) is 6.42 Å². The van der Waals surface area contributed by atoms with Crippen LogP contribution in [0.15, 0.2) is 0 Å². The zero-order valence-electron chi connectivity index (χ0n) is 9.37. The van der Waals surface area contributed by atoms with Gasteiger partial charge >= 0.3 is 0 Å². The number of hydrogen-bond donors (Lipinski definition) is 2. The quantitative estimate of drug-likeness (QED) is 0.642. The van der Waals surface area contributed by atoms with E-state index >= 15 is 0 Å². The van der Waals surface area contributed by atoms with E-state index in [2.05, 4.69) is 10.2 Å². The van der Waals surface area contributed by atoms with Crippen LogP contribution >= 0.6 is 0 Å². The average Bonchev–Trinajstić information content (AvgIpc) is 2.53. The SMILES string of the molecule is CNC(=O)[C@@H](N)CCN1CCCOCC1. The molecule has 1 aliphatic heterocycles. The Balaban J connectivity index is 2.19. The smallest absolute Gasteiger partial charge is 0.236 e. The second-order valence-corrected chi connectivity index (χ2v) is 3.82. The molecule has 1 fully saturated rings. The third-order valence-electron chi connectivity index (χ3n) is 2.65. The summed E-state index contributed by atoms with van der Waals surface area (Å²) in [6.45, 7) is 4.49. The number of hydrogen-bond acceptors (Lipinski definition) is 4. The molecule has 0 radical (unpaired) electrons. The molecule has 5 heteroatoms. The predicted octanol–water partition coefficient (Wildman–Crippen LogP) is -0.828. The summed E-state index contributed by atoms with van der Waals surface area (Å²) >= 11 is 0. The molecule has 3 N–H and O–H groups in total. The molecule has 1 aliphatic rings. The van der Waals surface area contributed by atoms with Gasteiger partial charge in [-0.2, -0.15) is 0 Å². The Morgan fingerprint density at radius 1 is 1.53 bits per heavy atom. The molecule has 0 spiro atoms. The normalized spacial score (nSPS) is 20.7. The molecule has 0 bridgehead atoms. The van der Waals surface area contributed by atoms with E-state index < -0.39 is 0 Å². The van der Waals surface area contributed by atoms with E-state index in [1.807, 2.05) is 0 Å². The summed E-state index contributed by atoms with van der Waals surface area (Å²) in [4.78, 5) is 13.5. The number of amides is 1. The van der Waals surface area contributed by atoms with Gasteiger partial charge in [0.1, 0.15) is 0 Å². The van der Waals surface area contributed by atoms with Crippen molar-refractivity contribution in [1.82, 2.24) is 10.2 Å². The van der Waals surface area contributed by atoms with Crippen LogP contribution < -0.4 is 11.1 Å². The number of likely N-dealkylation sites (N-methyl/N-ethyl adjacent to an activating group) is 1. The van der Waals surface area contributed by atoms with E-state index in [0.717, 1.165) is 39.3 Å². The number of nitrogens with two attached hydrogens (primary N) is 1. The maximum Gasteiger partial charge on any atom is 0.236 e. The Bertz CT molecular complexity index is 191. The molecule has 1 heterocycles. The van der Waals surface area contributed by atoms with Crippen LogP contribution in [-0.4, -0.2) is 56.7 Å². The second-order valence-electron chi connectivity index (χ2n) is 3.82. The van der Waals surface area contributed by atoms with Crippen molar-refractivity contribution in [3.05, 3.63) is 0 Å². The number of ether oxygens (including phenoxy) is 1. The first-order valence-electron chi connectivity index (χ1n) is 5.51. The van der Waals surface area contributed by atoms with E-state index in [1.54, 1.807) is 7.05 Å². The van der Waals surface area contributed by atoms with Crippen LogP contribution in [0.4, 0.5) is 0 Å². The molecule has 0 aromatic heterocycles. The van der Waals surface area contributed by atoms with Gasteiger partial charge < -0.3 is 20.7 Å². The topological polar surface area (TPSA) is 67.6 Å². The van der Waals surface area contributed by atoms with Crippen molar-refractivity contribution in [2.24, 2.45) is 5.73 Å². The Morgan fingerprint density at radius 2 is 2.33 bits per heavy atom. The summed E-state index contributed by atoms with van der Waals surface area (Å²) in [5.74, 6) is -0.0823. The summed E-state index contributed by atoms with van der Waals surface area (Å²) in [5, 5.41) is 2.56. The molecule has 0 unspecified atom stereocenters. The van der Waals surface area contributed by atoms with Crippen molar-refractivity contribution in [3.63, 3.8) is 0 Å². The Hall–Kier alpha value is -0.650. The third-order valence-corrected chi connectivity index (χ3v) is 2.65. The number of rotatable bonds is 4. The largest absolute Gasteiger partial charge is 0.380 e. The standard InChI is InChI=1S/C10H21N3O2/c1-12-10(14)9(11)3-5-13-4-2-7-15-8-6-13/h9H,2-8,11H2,1H3,(H,12,14)/t9-/m0/s1. The summed E-state index contributed by atoms with van der Waals surface area (Å²) in [7, 11) is 1.61. The summed E-state index contributed by atoms with van der Waals surface area (Å²) < 4.78 is 5.35. The minimum Gasteiger partial charge on any atom is -0.380 e. The van der Waals surface area contributed by atoms with Gasteiger partial charge in [0.25, 0.3) is 0 Å². The van der Waals surface area contributed by atoms with Crippen molar-refractivity contribution in [2.45, 2.75) is 18.9 Å². The van der Waals surface area contributed by atoms with Gasteiger partial charge in [0.15, 0.2) is 0 Å². The highest BCUT2D eigenvalue weighted by Crippen LogP contribution is 2.01. The van der Waals surface area contributed by atoms with Gasteiger partial charge in [0, 0.05) is 33.3 Å². The van der Waals surface area contributed by atoms with Gasteiger partial charge in [0.05, 0.1) is 12.6 Å². The molecule has 1 rings (SSSR count). The van der Waals surface area contributed by atoms with Crippen LogP contribution in [0.3, 0.4) is 0 Å². The zero-order valence-corrected chi connectivity index (χ0v) is 9.37. The fraction of sp³-hybridized carbons (Fsp3) is 0.900. The lowest BCUT2D eigenvalue weighted by Gasteiger charge is -2.20. The Kier molecular flexibility index (Phi) is 5.60. The summed E-state index contributed by atoms with van der Waals surface area (Å²) in [5.41, 5.74) is 5.71. The Labute approximate surface area is 90.9 Å². The van der Waals surface area contributed by atoms with Crippen molar-refractivity contribution in [3.8, 4) is 0 Å². The van der Waals surface area contributed by atoms with Crippen LogP contribution in [0.1, 0.15) is 12.8 Å². The molecule has 1 amide bonds. The zero-order chi connectivity index (χ0) is 11.1. The molecule has 88 valence electrons. The molecule has 0 aliphatic carbocycles. The lowest BCUT2D eigenvalue weighted by atomic mass is 10.2. The minimum atomic E-state index is -0.390.